The highest BCUT2D eigenvalue weighted by atomic mass is 127. The van der Waals surface area contributed by atoms with E-state index in [1.165, 1.54) is 18.2 Å². The second kappa shape index (κ2) is 5.79. The van der Waals surface area contributed by atoms with Crippen molar-refractivity contribution in [3.05, 3.63) is 55.5 Å². The maximum atomic E-state index is 13.0. The fraction of sp³-hybridized carbons (Fsp3) is 0.154. The van der Waals surface area contributed by atoms with Gasteiger partial charge in [-0.05, 0) is 70.1 Å². The Hall–Kier alpha value is -0.950. The maximum Gasteiger partial charge on any atom is 0.252 e. The summed E-state index contributed by atoms with van der Waals surface area (Å²) in [5, 5.41) is 6.87. The van der Waals surface area contributed by atoms with Gasteiger partial charge in [0.15, 0.2) is 0 Å². The van der Waals surface area contributed by atoms with Gasteiger partial charge in [0.1, 0.15) is 5.82 Å². The van der Waals surface area contributed by atoms with Gasteiger partial charge in [-0.3, -0.25) is 4.79 Å². The monoisotopic (exact) mass is 375 g/mol. The Bertz CT molecular complexity index is 556. The van der Waals surface area contributed by atoms with Crippen molar-refractivity contribution in [2.45, 2.75) is 13.0 Å². The lowest BCUT2D eigenvalue weighted by atomic mass is 10.1. The van der Waals surface area contributed by atoms with Crippen molar-refractivity contribution in [1.82, 2.24) is 5.32 Å². The summed E-state index contributed by atoms with van der Waals surface area (Å²) in [6, 6.07) is 6.08. The van der Waals surface area contributed by atoms with Crippen LogP contribution in [0, 0.1) is 9.39 Å². The minimum Gasteiger partial charge on any atom is -0.345 e. The molecule has 1 N–H and O–H groups in total. The van der Waals surface area contributed by atoms with Crippen molar-refractivity contribution in [3.63, 3.8) is 0 Å². The molecule has 2 aromatic rings. The van der Waals surface area contributed by atoms with Crippen LogP contribution in [0.5, 0.6) is 0 Å². The number of rotatable bonds is 3. The number of carbonyl (C=O) groups excluding carboxylic acids is 1. The summed E-state index contributed by atoms with van der Waals surface area (Å²) in [5.41, 5.74) is 1.57. The lowest BCUT2D eigenvalue weighted by Gasteiger charge is -2.13. The number of thiophene rings is 1. The van der Waals surface area contributed by atoms with E-state index in [0.717, 1.165) is 5.56 Å². The molecule has 1 aromatic carbocycles. The Morgan fingerprint density at radius 1 is 1.44 bits per heavy atom. The highest BCUT2D eigenvalue weighted by Crippen LogP contribution is 2.18. The molecule has 0 bridgehead atoms. The van der Waals surface area contributed by atoms with E-state index in [-0.39, 0.29) is 17.8 Å². The summed E-state index contributed by atoms with van der Waals surface area (Å²) in [7, 11) is 0. The lowest BCUT2D eigenvalue weighted by molar-refractivity contribution is 0.0939. The van der Waals surface area contributed by atoms with Crippen molar-refractivity contribution < 1.29 is 9.18 Å². The quantitative estimate of drug-likeness (QED) is 0.808. The summed E-state index contributed by atoms with van der Waals surface area (Å²) in [4.78, 5) is 12.0. The Morgan fingerprint density at radius 2 is 2.22 bits per heavy atom. The first-order chi connectivity index (χ1) is 8.58. The van der Waals surface area contributed by atoms with Gasteiger partial charge in [-0.2, -0.15) is 11.3 Å². The van der Waals surface area contributed by atoms with Gasteiger partial charge in [-0.25, -0.2) is 4.39 Å². The van der Waals surface area contributed by atoms with Crippen LogP contribution in [-0.2, 0) is 0 Å². The summed E-state index contributed by atoms with van der Waals surface area (Å²) >= 11 is 3.56. The maximum absolute atomic E-state index is 13.0. The van der Waals surface area contributed by atoms with Crippen molar-refractivity contribution in [2.75, 3.05) is 0 Å². The van der Waals surface area contributed by atoms with Crippen molar-refractivity contribution >= 4 is 39.8 Å². The average Bonchev–Trinajstić information content (AvgIpc) is 2.81. The first-order valence-electron chi connectivity index (χ1n) is 5.36. The fourth-order valence-corrected chi connectivity index (χ4v) is 3.03. The van der Waals surface area contributed by atoms with E-state index in [0.29, 0.717) is 9.13 Å². The number of nitrogens with one attached hydrogen (secondary N) is 1. The first kappa shape index (κ1) is 13.5. The number of halogens is 2. The SMILES string of the molecule is CC(NC(=O)c1ccc(F)cc1I)c1ccsc1. The lowest BCUT2D eigenvalue weighted by Crippen LogP contribution is -2.27. The van der Waals surface area contributed by atoms with Crippen LogP contribution in [0.1, 0.15) is 28.9 Å². The van der Waals surface area contributed by atoms with Crippen LogP contribution in [0.15, 0.2) is 35.0 Å². The first-order valence-corrected chi connectivity index (χ1v) is 7.38. The second-order valence-corrected chi connectivity index (χ2v) is 5.82. The third kappa shape index (κ3) is 3.08. The number of amides is 1. The van der Waals surface area contributed by atoms with Gasteiger partial charge in [0.2, 0.25) is 0 Å². The van der Waals surface area contributed by atoms with E-state index in [1.54, 1.807) is 11.3 Å². The molecule has 0 saturated carbocycles. The Labute approximate surface area is 122 Å². The minimum atomic E-state index is -0.332. The number of hydrogen-bond acceptors (Lipinski definition) is 2. The summed E-state index contributed by atoms with van der Waals surface area (Å²) in [5.74, 6) is -0.514. The van der Waals surface area contributed by atoms with Gasteiger partial charge in [0.05, 0.1) is 11.6 Å². The molecule has 2 rings (SSSR count). The van der Waals surface area contributed by atoms with E-state index in [1.807, 2.05) is 46.3 Å². The van der Waals surface area contributed by atoms with Crippen LogP contribution in [0.4, 0.5) is 4.39 Å². The predicted molar refractivity (Wildman–Crippen MR) is 79.3 cm³/mol. The standard InChI is InChI=1S/C13H11FINOS/c1-8(9-4-5-18-7-9)16-13(17)11-3-2-10(14)6-12(11)15/h2-8H,1H3,(H,16,17). The Balaban J connectivity index is 2.12. The topological polar surface area (TPSA) is 29.1 Å². The van der Waals surface area contributed by atoms with Crippen molar-refractivity contribution in [2.24, 2.45) is 0 Å². The van der Waals surface area contributed by atoms with E-state index in [4.69, 9.17) is 0 Å². The van der Waals surface area contributed by atoms with Crippen molar-refractivity contribution in [1.29, 1.82) is 0 Å². The van der Waals surface area contributed by atoms with Gasteiger partial charge in [-0.1, -0.05) is 0 Å². The summed E-state index contributed by atoms with van der Waals surface area (Å²) in [6.45, 7) is 1.93. The molecule has 1 unspecified atom stereocenters. The smallest absolute Gasteiger partial charge is 0.252 e. The van der Waals surface area contributed by atoms with Crippen LogP contribution in [0.25, 0.3) is 0 Å². The van der Waals surface area contributed by atoms with Crippen LogP contribution in [0.2, 0.25) is 0 Å². The molecular weight excluding hydrogens is 364 g/mol. The van der Waals surface area contributed by atoms with E-state index in [9.17, 15) is 9.18 Å². The number of benzene rings is 1. The van der Waals surface area contributed by atoms with Crippen LogP contribution in [0.3, 0.4) is 0 Å². The molecule has 0 aliphatic carbocycles. The molecule has 0 saturated heterocycles. The van der Waals surface area contributed by atoms with Gasteiger partial charge < -0.3 is 5.32 Å². The molecule has 0 spiro atoms. The van der Waals surface area contributed by atoms with Crippen LogP contribution >= 0.6 is 33.9 Å². The van der Waals surface area contributed by atoms with Crippen molar-refractivity contribution in [3.8, 4) is 0 Å². The van der Waals surface area contributed by atoms with Gasteiger partial charge in [0.25, 0.3) is 5.91 Å². The molecule has 1 amide bonds. The fourth-order valence-electron chi connectivity index (χ4n) is 1.55. The predicted octanol–water partition coefficient (Wildman–Crippen LogP) is 3.98. The second-order valence-electron chi connectivity index (χ2n) is 3.88. The normalized spacial score (nSPS) is 12.2. The third-order valence-corrected chi connectivity index (χ3v) is 4.16. The Morgan fingerprint density at radius 3 is 2.83 bits per heavy atom. The molecule has 0 aliphatic heterocycles. The molecule has 5 heteroatoms. The molecular formula is C13H11FINOS. The summed E-state index contributed by atoms with van der Waals surface area (Å²) < 4.78 is 13.6. The Kier molecular flexibility index (Phi) is 4.34. The van der Waals surface area contributed by atoms with E-state index >= 15 is 0 Å². The van der Waals surface area contributed by atoms with Gasteiger partial charge in [-0.15, -0.1) is 0 Å². The largest absolute Gasteiger partial charge is 0.345 e. The zero-order valence-corrected chi connectivity index (χ0v) is 12.6. The molecule has 1 aromatic heterocycles. The number of hydrogen-bond donors (Lipinski definition) is 1. The summed E-state index contributed by atoms with van der Waals surface area (Å²) in [6.07, 6.45) is 0. The van der Waals surface area contributed by atoms with E-state index in [2.05, 4.69) is 5.32 Å². The molecule has 18 heavy (non-hydrogen) atoms. The molecule has 0 fully saturated rings. The van der Waals surface area contributed by atoms with E-state index < -0.39 is 0 Å². The van der Waals surface area contributed by atoms with Crippen LogP contribution in [-0.4, -0.2) is 5.91 Å². The zero-order valence-electron chi connectivity index (χ0n) is 9.61. The van der Waals surface area contributed by atoms with Gasteiger partial charge in [0, 0.05) is 3.57 Å². The average molecular weight is 375 g/mol. The molecule has 0 radical (unpaired) electrons. The molecule has 2 nitrogen and oxygen atoms in total. The third-order valence-electron chi connectivity index (χ3n) is 2.57. The van der Waals surface area contributed by atoms with Gasteiger partial charge >= 0.3 is 0 Å². The molecule has 1 heterocycles. The zero-order chi connectivity index (χ0) is 13.1. The molecule has 94 valence electrons. The molecule has 1 atom stereocenters. The van der Waals surface area contributed by atoms with Crippen LogP contribution < -0.4 is 5.32 Å². The molecule has 0 aliphatic rings. The number of carbonyl (C=O) groups is 1. The highest BCUT2D eigenvalue weighted by molar-refractivity contribution is 14.1. The highest BCUT2D eigenvalue weighted by Gasteiger charge is 2.14. The minimum absolute atomic E-state index is 0.0513.